The number of benzene rings is 1. The Morgan fingerprint density at radius 2 is 1.91 bits per heavy atom. The highest BCUT2D eigenvalue weighted by Crippen LogP contribution is 2.12. The molecule has 0 aliphatic carbocycles. The second kappa shape index (κ2) is 8.89. The van der Waals surface area contributed by atoms with E-state index in [0.29, 0.717) is 13.0 Å². The number of aliphatic hydroxyl groups is 1. The van der Waals surface area contributed by atoms with Crippen LogP contribution in [0, 0.1) is 0 Å². The summed E-state index contributed by atoms with van der Waals surface area (Å²) in [6.07, 6.45) is 0.596. The first-order valence-electron chi connectivity index (χ1n) is 7.00. The van der Waals surface area contributed by atoms with E-state index in [0.717, 1.165) is 11.3 Å². The fourth-order valence-corrected chi connectivity index (χ4v) is 1.83. The first-order valence-corrected chi connectivity index (χ1v) is 7.00. The maximum Gasteiger partial charge on any atom is 0.325 e. The van der Waals surface area contributed by atoms with Crippen molar-refractivity contribution in [2.75, 3.05) is 26.8 Å². The summed E-state index contributed by atoms with van der Waals surface area (Å²) in [5, 5.41) is 20.2. The molecule has 0 aliphatic rings. The number of aliphatic carboxylic acids is 1. The van der Waals surface area contributed by atoms with Gasteiger partial charge < -0.3 is 25.2 Å². The monoisotopic (exact) mass is 310 g/mol. The second-order valence-corrected chi connectivity index (χ2v) is 4.82. The number of ether oxygens (including phenoxy) is 1. The van der Waals surface area contributed by atoms with Crippen LogP contribution in [0.2, 0.25) is 0 Å². The average Bonchev–Trinajstić information content (AvgIpc) is 2.51. The Balaban J connectivity index is 2.58. The molecule has 0 radical (unpaired) electrons. The molecule has 7 nitrogen and oxygen atoms in total. The quantitative estimate of drug-likeness (QED) is 0.657. The molecule has 0 spiro atoms. The Kier molecular flexibility index (Phi) is 7.18. The number of urea groups is 1. The molecule has 7 heteroatoms. The number of carboxylic acid groups (broad SMARTS) is 1. The van der Waals surface area contributed by atoms with E-state index in [1.165, 1.54) is 11.8 Å². The number of amides is 2. The van der Waals surface area contributed by atoms with Crippen molar-refractivity contribution in [2.24, 2.45) is 0 Å². The standard InChI is InChI=1S/C15H22N2O5/c1-11(14(19)20)16-15(21)17(9-10-18)8-7-12-3-5-13(22-2)6-4-12/h3-6,11,18H,7-10H2,1-2H3,(H,16,21)(H,19,20)/t11-/m0/s1. The van der Waals surface area contributed by atoms with Gasteiger partial charge in [0.2, 0.25) is 0 Å². The minimum atomic E-state index is -1.10. The maximum atomic E-state index is 12.0. The highest BCUT2D eigenvalue weighted by molar-refractivity contribution is 5.82. The molecule has 0 heterocycles. The van der Waals surface area contributed by atoms with Crippen molar-refractivity contribution < 1.29 is 24.5 Å². The molecule has 1 rings (SSSR count). The fourth-order valence-electron chi connectivity index (χ4n) is 1.83. The van der Waals surface area contributed by atoms with Gasteiger partial charge in [-0.1, -0.05) is 12.1 Å². The number of nitrogens with zero attached hydrogens (tertiary/aromatic N) is 1. The van der Waals surface area contributed by atoms with E-state index in [2.05, 4.69) is 5.32 Å². The molecule has 1 aromatic carbocycles. The molecule has 0 fully saturated rings. The lowest BCUT2D eigenvalue weighted by Crippen LogP contribution is -2.48. The molecular weight excluding hydrogens is 288 g/mol. The lowest BCUT2D eigenvalue weighted by atomic mass is 10.1. The minimum Gasteiger partial charge on any atom is -0.497 e. The van der Waals surface area contributed by atoms with Crippen LogP contribution < -0.4 is 10.1 Å². The topological polar surface area (TPSA) is 99.1 Å². The number of rotatable bonds is 8. The zero-order valence-corrected chi connectivity index (χ0v) is 12.8. The van der Waals surface area contributed by atoms with Gasteiger partial charge in [-0.2, -0.15) is 0 Å². The molecule has 1 aromatic rings. The number of hydrogen-bond acceptors (Lipinski definition) is 4. The van der Waals surface area contributed by atoms with Crippen LogP contribution in [-0.4, -0.2) is 60.0 Å². The van der Waals surface area contributed by atoms with Crippen LogP contribution in [0.4, 0.5) is 4.79 Å². The Labute approximate surface area is 129 Å². The molecular formula is C15H22N2O5. The Bertz CT molecular complexity index is 489. The van der Waals surface area contributed by atoms with Crippen LogP contribution in [-0.2, 0) is 11.2 Å². The van der Waals surface area contributed by atoms with Gasteiger partial charge in [0.15, 0.2) is 0 Å². The first kappa shape index (κ1) is 17.8. The van der Waals surface area contributed by atoms with Gasteiger partial charge in [-0.3, -0.25) is 4.79 Å². The third-order valence-electron chi connectivity index (χ3n) is 3.20. The Hall–Kier alpha value is -2.28. The van der Waals surface area contributed by atoms with Crippen LogP contribution in [0.1, 0.15) is 12.5 Å². The van der Waals surface area contributed by atoms with Crippen LogP contribution in [0.25, 0.3) is 0 Å². The van der Waals surface area contributed by atoms with Crippen LogP contribution >= 0.6 is 0 Å². The molecule has 0 saturated carbocycles. The van der Waals surface area contributed by atoms with E-state index in [-0.39, 0.29) is 13.2 Å². The van der Waals surface area contributed by atoms with Crippen LogP contribution in [0.15, 0.2) is 24.3 Å². The van der Waals surface area contributed by atoms with Crippen molar-refractivity contribution in [3.05, 3.63) is 29.8 Å². The van der Waals surface area contributed by atoms with Crippen molar-refractivity contribution in [3.8, 4) is 5.75 Å². The summed E-state index contributed by atoms with van der Waals surface area (Å²) in [6.45, 7) is 1.73. The van der Waals surface area contributed by atoms with Gasteiger partial charge in [0.25, 0.3) is 0 Å². The van der Waals surface area contributed by atoms with Gasteiger partial charge in [-0.05, 0) is 31.0 Å². The van der Waals surface area contributed by atoms with Gasteiger partial charge in [-0.15, -0.1) is 0 Å². The third kappa shape index (κ3) is 5.61. The average molecular weight is 310 g/mol. The molecule has 0 saturated heterocycles. The first-order chi connectivity index (χ1) is 10.5. The summed E-state index contributed by atoms with van der Waals surface area (Å²) in [5.41, 5.74) is 1.02. The summed E-state index contributed by atoms with van der Waals surface area (Å²) < 4.78 is 5.07. The second-order valence-electron chi connectivity index (χ2n) is 4.82. The van der Waals surface area contributed by atoms with E-state index >= 15 is 0 Å². The molecule has 3 N–H and O–H groups in total. The maximum absolute atomic E-state index is 12.0. The third-order valence-corrected chi connectivity index (χ3v) is 3.20. The number of aliphatic hydroxyl groups excluding tert-OH is 1. The predicted octanol–water partition coefficient (Wildman–Crippen LogP) is 0.715. The SMILES string of the molecule is COc1ccc(CCN(CCO)C(=O)N[C@@H](C)C(=O)O)cc1. The normalized spacial score (nSPS) is 11.6. The van der Waals surface area contributed by atoms with Crippen molar-refractivity contribution in [1.82, 2.24) is 10.2 Å². The fraction of sp³-hybridized carbons (Fsp3) is 0.467. The lowest BCUT2D eigenvalue weighted by molar-refractivity contribution is -0.138. The van der Waals surface area contributed by atoms with Crippen molar-refractivity contribution in [2.45, 2.75) is 19.4 Å². The number of nitrogens with one attached hydrogen (secondary N) is 1. The van der Waals surface area contributed by atoms with Crippen molar-refractivity contribution >= 4 is 12.0 Å². The molecule has 0 aromatic heterocycles. The largest absolute Gasteiger partial charge is 0.497 e. The van der Waals surface area contributed by atoms with Gasteiger partial charge >= 0.3 is 12.0 Å². The van der Waals surface area contributed by atoms with Gasteiger partial charge in [-0.25, -0.2) is 4.79 Å². The predicted molar refractivity (Wildman–Crippen MR) is 81.0 cm³/mol. The number of carbonyl (C=O) groups is 2. The highest BCUT2D eigenvalue weighted by atomic mass is 16.5. The number of carboxylic acids is 1. The summed E-state index contributed by atoms with van der Waals surface area (Å²) in [7, 11) is 1.59. The molecule has 122 valence electrons. The van der Waals surface area contributed by atoms with Crippen LogP contribution in [0.5, 0.6) is 5.75 Å². The molecule has 1 atom stereocenters. The summed E-state index contributed by atoms with van der Waals surface area (Å²) in [6, 6.07) is 5.98. The van der Waals surface area contributed by atoms with Crippen molar-refractivity contribution in [3.63, 3.8) is 0 Å². The molecule has 0 aliphatic heterocycles. The zero-order chi connectivity index (χ0) is 16.5. The van der Waals surface area contributed by atoms with E-state index < -0.39 is 18.0 Å². The van der Waals surface area contributed by atoms with Crippen LogP contribution in [0.3, 0.4) is 0 Å². The number of hydrogen-bond donors (Lipinski definition) is 3. The lowest BCUT2D eigenvalue weighted by Gasteiger charge is -2.23. The van der Waals surface area contributed by atoms with E-state index in [1.54, 1.807) is 7.11 Å². The van der Waals surface area contributed by atoms with E-state index in [9.17, 15) is 9.59 Å². The molecule has 0 bridgehead atoms. The van der Waals surface area contributed by atoms with Gasteiger partial charge in [0.1, 0.15) is 11.8 Å². The number of methoxy groups -OCH3 is 1. The Morgan fingerprint density at radius 1 is 1.27 bits per heavy atom. The zero-order valence-electron chi connectivity index (χ0n) is 12.8. The van der Waals surface area contributed by atoms with Gasteiger partial charge in [0.05, 0.1) is 13.7 Å². The van der Waals surface area contributed by atoms with E-state index in [1.807, 2.05) is 24.3 Å². The van der Waals surface area contributed by atoms with Crippen molar-refractivity contribution in [1.29, 1.82) is 0 Å². The summed E-state index contributed by atoms with van der Waals surface area (Å²) in [5.74, 6) is -0.351. The Morgan fingerprint density at radius 3 is 2.41 bits per heavy atom. The summed E-state index contributed by atoms with van der Waals surface area (Å²) in [4.78, 5) is 24.1. The minimum absolute atomic E-state index is 0.147. The van der Waals surface area contributed by atoms with Gasteiger partial charge in [0, 0.05) is 13.1 Å². The smallest absolute Gasteiger partial charge is 0.325 e. The van der Waals surface area contributed by atoms with E-state index in [4.69, 9.17) is 14.9 Å². The molecule has 0 unspecified atom stereocenters. The molecule has 22 heavy (non-hydrogen) atoms. The summed E-state index contributed by atoms with van der Waals surface area (Å²) >= 11 is 0. The highest BCUT2D eigenvalue weighted by Gasteiger charge is 2.18. The molecule has 2 amide bonds. The number of carbonyl (C=O) groups excluding carboxylic acids is 1.